The molecule has 0 aliphatic carbocycles. The van der Waals surface area contributed by atoms with E-state index in [1.807, 2.05) is 0 Å². The molecule has 1 nitrogen and oxygen atoms in total. The van der Waals surface area contributed by atoms with E-state index in [9.17, 15) is 0 Å². The summed E-state index contributed by atoms with van der Waals surface area (Å²) in [5.74, 6) is 0.305. The fraction of sp³-hybridized carbons (Fsp3) is 0.100. The fourth-order valence-corrected chi connectivity index (χ4v) is 3.33. The second-order valence-electron chi connectivity index (χ2n) is 5.59. The number of para-hydroxylation sites is 1. The number of rotatable bonds is 1. The average Bonchev–Trinajstić information content (AvgIpc) is 2.54. The topological polar surface area (TPSA) is 12.0 Å². The van der Waals surface area contributed by atoms with Crippen molar-refractivity contribution in [1.29, 1.82) is 0 Å². The molecule has 0 radical (unpaired) electrons. The Labute approximate surface area is 125 Å². The third-order valence-electron chi connectivity index (χ3n) is 4.29. The lowest BCUT2D eigenvalue weighted by Gasteiger charge is -2.31. The molecule has 3 aromatic carbocycles. The van der Waals surface area contributed by atoms with E-state index >= 15 is 0 Å². The Hall–Kier alpha value is -2.54. The van der Waals surface area contributed by atoms with E-state index in [4.69, 9.17) is 0 Å². The molecule has 0 spiro atoms. The molecule has 1 atom stereocenters. The van der Waals surface area contributed by atoms with Crippen molar-refractivity contribution in [2.24, 2.45) is 0 Å². The van der Waals surface area contributed by atoms with Gasteiger partial charge in [0.15, 0.2) is 0 Å². The molecule has 1 N–H and O–H groups in total. The van der Waals surface area contributed by atoms with Crippen LogP contribution in [0.5, 0.6) is 0 Å². The number of nitrogens with one attached hydrogen (secondary N) is 1. The van der Waals surface area contributed by atoms with Gasteiger partial charge in [0.25, 0.3) is 0 Å². The van der Waals surface area contributed by atoms with E-state index in [0.29, 0.717) is 5.92 Å². The number of fused-ring (bicyclic) bond motifs is 2. The smallest absolute Gasteiger partial charge is 0.0429 e. The van der Waals surface area contributed by atoms with E-state index < -0.39 is 0 Å². The van der Waals surface area contributed by atoms with Gasteiger partial charge in [-0.2, -0.15) is 0 Å². The molecule has 0 saturated carbocycles. The number of anilines is 2. The van der Waals surface area contributed by atoms with Crippen LogP contribution in [0.3, 0.4) is 0 Å². The van der Waals surface area contributed by atoms with Crippen molar-refractivity contribution in [2.45, 2.75) is 12.8 Å². The minimum atomic E-state index is 0.305. The zero-order chi connectivity index (χ0) is 14.2. The van der Waals surface area contributed by atoms with E-state index in [2.05, 4.69) is 85.0 Å². The van der Waals surface area contributed by atoms with Gasteiger partial charge in [0.2, 0.25) is 0 Å². The molecule has 0 fully saturated rings. The predicted octanol–water partition coefficient (Wildman–Crippen LogP) is 5.23. The normalized spacial score (nSPS) is 15.8. The minimum Gasteiger partial charge on any atom is -0.355 e. The van der Waals surface area contributed by atoms with Crippen LogP contribution in [-0.4, -0.2) is 0 Å². The van der Waals surface area contributed by atoms with Crippen LogP contribution in [0.1, 0.15) is 28.2 Å². The molecule has 0 saturated heterocycles. The molecule has 0 aromatic heterocycles. The summed E-state index contributed by atoms with van der Waals surface area (Å²) in [5, 5.41) is 3.58. The van der Waals surface area contributed by atoms with Crippen molar-refractivity contribution >= 4 is 11.4 Å². The SMILES string of the molecule is Cc1cccc2c1C(c1ccccc1)c1ccccc1N2. The summed E-state index contributed by atoms with van der Waals surface area (Å²) >= 11 is 0. The molecule has 1 heteroatoms. The quantitative estimate of drug-likeness (QED) is 0.499. The molecule has 1 aliphatic heterocycles. The third kappa shape index (κ3) is 1.93. The average molecular weight is 271 g/mol. The fourth-order valence-electron chi connectivity index (χ4n) is 3.33. The summed E-state index contributed by atoms with van der Waals surface area (Å²) in [4.78, 5) is 0. The van der Waals surface area contributed by atoms with Gasteiger partial charge in [0, 0.05) is 17.3 Å². The number of benzene rings is 3. The Kier molecular flexibility index (Phi) is 2.78. The predicted molar refractivity (Wildman–Crippen MR) is 88.3 cm³/mol. The van der Waals surface area contributed by atoms with Crippen LogP contribution >= 0.6 is 0 Å². The van der Waals surface area contributed by atoms with Gasteiger partial charge in [-0.3, -0.25) is 0 Å². The molecule has 1 heterocycles. The number of hydrogen-bond donors (Lipinski definition) is 1. The van der Waals surface area contributed by atoms with Crippen molar-refractivity contribution in [1.82, 2.24) is 0 Å². The first-order chi connectivity index (χ1) is 10.3. The van der Waals surface area contributed by atoms with Gasteiger partial charge in [-0.15, -0.1) is 0 Å². The summed E-state index contributed by atoms with van der Waals surface area (Å²) in [6, 6.07) is 25.9. The Bertz CT molecular complexity index is 790. The van der Waals surface area contributed by atoms with Gasteiger partial charge in [-0.05, 0) is 41.3 Å². The lowest BCUT2D eigenvalue weighted by Crippen LogP contribution is -2.15. The van der Waals surface area contributed by atoms with Crippen LogP contribution in [-0.2, 0) is 0 Å². The highest BCUT2D eigenvalue weighted by Gasteiger charge is 2.27. The summed E-state index contributed by atoms with van der Waals surface area (Å²) in [5.41, 5.74) is 7.87. The van der Waals surface area contributed by atoms with Crippen molar-refractivity contribution in [2.75, 3.05) is 5.32 Å². The first-order valence-electron chi connectivity index (χ1n) is 7.35. The zero-order valence-electron chi connectivity index (χ0n) is 12.0. The molecule has 3 aromatic rings. The van der Waals surface area contributed by atoms with Gasteiger partial charge >= 0.3 is 0 Å². The lowest BCUT2D eigenvalue weighted by atomic mass is 9.79. The molecular weight excluding hydrogens is 254 g/mol. The molecule has 0 bridgehead atoms. The van der Waals surface area contributed by atoms with Crippen LogP contribution in [0.4, 0.5) is 11.4 Å². The van der Waals surface area contributed by atoms with Gasteiger partial charge < -0.3 is 5.32 Å². The summed E-state index contributed by atoms with van der Waals surface area (Å²) in [6.07, 6.45) is 0. The highest BCUT2D eigenvalue weighted by molar-refractivity contribution is 5.76. The summed E-state index contributed by atoms with van der Waals surface area (Å²) in [7, 11) is 0. The molecular formula is C20H17N. The highest BCUT2D eigenvalue weighted by atomic mass is 14.9. The van der Waals surface area contributed by atoms with E-state index in [0.717, 1.165) is 0 Å². The summed E-state index contributed by atoms with van der Waals surface area (Å²) < 4.78 is 0. The van der Waals surface area contributed by atoms with Crippen molar-refractivity contribution in [3.8, 4) is 0 Å². The molecule has 1 aliphatic rings. The largest absolute Gasteiger partial charge is 0.355 e. The van der Waals surface area contributed by atoms with Gasteiger partial charge in [-0.1, -0.05) is 60.7 Å². The van der Waals surface area contributed by atoms with Crippen LogP contribution in [0.2, 0.25) is 0 Å². The monoisotopic (exact) mass is 271 g/mol. The van der Waals surface area contributed by atoms with Crippen LogP contribution in [0.25, 0.3) is 0 Å². The van der Waals surface area contributed by atoms with Crippen LogP contribution in [0.15, 0.2) is 72.8 Å². The van der Waals surface area contributed by atoms with Crippen molar-refractivity contribution in [3.05, 3.63) is 95.1 Å². The Morgan fingerprint density at radius 3 is 2.29 bits per heavy atom. The third-order valence-corrected chi connectivity index (χ3v) is 4.29. The maximum Gasteiger partial charge on any atom is 0.0429 e. The first-order valence-corrected chi connectivity index (χ1v) is 7.35. The molecule has 0 amide bonds. The second kappa shape index (κ2) is 4.78. The Morgan fingerprint density at radius 2 is 1.43 bits per heavy atom. The van der Waals surface area contributed by atoms with E-state index in [-0.39, 0.29) is 0 Å². The molecule has 1 unspecified atom stereocenters. The number of hydrogen-bond acceptors (Lipinski definition) is 1. The Morgan fingerprint density at radius 1 is 0.714 bits per heavy atom. The molecule has 102 valence electrons. The second-order valence-corrected chi connectivity index (χ2v) is 5.59. The number of aryl methyl sites for hydroxylation is 1. The van der Waals surface area contributed by atoms with Crippen molar-refractivity contribution < 1.29 is 0 Å². The van der Waals surface area contributed by atoms with Gasteiger partial charge in [0.05, 0.1) is 0 Å². The van der Waals surface area contributed by atoms with Gasteiger partial charge in [0.1, 0.15) is 0 Å². The maximum atomic E-state index is 3.58. The van der Waals surface area contributed by atoms with E-state index in [1.54, 1.807) is 0 Å². The standard InChI is InChI=1S/C20H17N/c1-14-8-7-13-18-19(14)20(15-9-3-2-4-10-15)16-11-5-6-12-17(16)21-18/h2-13,20-21H,1H3. The lowest BCUT2D eigenvalue weighted by molar-refractivity contribution is 0.950. The highest BCUT2D eigenvalue weighted by Crippen LogP contribution is 2.45. The molecule has 21 heavy (non-hydrogen) atoms. The van der Waals surface area contributed by atoms with E-state index in [1.165, 1.54) is 33.6 Å². The minimum absolute atomic E-state index is 0.305. The molecule has 4 rings (SSSR count). The van der Waals surface area contributed by atoms with Crippen LogP contribution in [0, 0.1) is 6.92 Å². The summed E-state index contributed by atoms with van der Waals surface area (Å²) in [6.45, 7) is 2.20. The first kappa shape index (κ1) is 12.2. The zero-order valence-corrected chi connectivity index (χ0v) is 12.0. The van der Waals surface area contributed by atoms with Crippen LogP contribution < -0.4 is 5.32 Å². The van der Waals surface area contributed by atoms with Gasteiger partial charge in [-0.25, -0.2) is 0 Å². The maximum absolute atomic E-state index is 3.58. The van der Waals surface area contributed by atoms with Crippen molar-refractivity contribution in [3.63, 3.8) is 0 Å². The Balaban J connectivity index is 2.01.